The van der Waals surface area contributed by atoms with E-state index in [0.717, 1.165) is 11.1 Å². The predicted octanol–water partition coefficient (Wildman–Crippen LogP) is 6.60. The van der Waals surface area contributed by atoms with Crippen LogP contribution in [0.25, 0.3) is 0 Å². The second kappa shape index (κ2) is 13.0. The summed E-state index contributed by atoms with van der Waals surface area (Å²) in [6, 6.07) is 21.3. The van der Waals surface area contributed by atoms with Gasteiger partial charge in [0.2, 0.25) is 11.8 Å². The number of hydrogen-bond acceptors (Lipinski definition) is 2. The molecule has 1 N–H and O–H groups in total. The van der Waals surface area contributed by atoms with Crippen LogP contribution in [0.15, 0.2) is 72.8 Å². The minimum Gasteiger partial charge on any atom is -0.354 e. The Balaban J connectivity index is 2.01. The highest BCUT2D eigenvalue weighted by molar-refractivity contribution is 6.36. The van der Waals surface area contributed by atoms with Crippen molar-refractivity contribution in [3.05, 3.63) is 105 Å². The van der Waals surface area contributed by atoms with Gasteiger partial charge in [-0.2, -0.15) is 0 Å². The maximum absolute atomic E-state index is 13.7. The summed E-state index contributed by atoms with van der Waals surface area (Å²) in [7, 11) is 0. The van der Waals surface area contributed by atoms with Gasteiger partial charge in [-0.05, 0) is 41.3 Å². The van der Waals surface area contributed by atoms with Crippen LogP contribution in [0.1, 0.15) is 30.5 Å². The second-order valence-corrected chi connectivity index (χ2v) is 10.1. The first-order valence-corrected chi connectivity index (χ1v) is 12.7. The molecule has 0 saturated carbocycles. The summed E-state index contributed by atoms with van der Waals surface area (Å²) >= 11 is 19.1. The lowest BCUT2D eigenvalue weighted by Gasteiger charge is -2.32. The SMILES string of the molecule is CC(C)CNC(=O)[C@@H](Cc1ccccc1)N(Cc1c(Cl)cccc1Cl)C(=O)Cc1cccc(Cl)c1. The van der Waals surface area contributed by atoms with Crippen LogP contribution in [-0.2, 0) is 29.0 Å². The molecule has 0 spiro atoms. The highest BCUT2D eigenvalue weighted by atomic mass is 35.5. The molecule has 0 unspecified atom stereocenters. The molecular weight excluding hydrogens is 503 g/mol. The van der Waals surface area contributed by atoms with Crippen LogP contribution >= 0.6 is 34.8 Å². The quantitative estimate of drug-likeness (QED) is 0.320. The molecule has 0 aliphatic rings. The fourth-order valence-corrected chi connectivity index (χ4v) is 4.48. The van der Waals surface area contributed by atoms with Crippen LogP contribution in [0.5, 0.6) is 0 Å². The van der Waals surface area contributed by atoms with E-state index in [1.807, 2.05) is 50.2 Å². The van der Waals surface area contributed by atoms with Gasteiger partial charge >= 0.3 is 0 Å². The maximum Gasteiger partial charge on any atom is 0.243 e. The first-order chi connectivity index (χ1) is 16.7. The lowest BCUT2D eigenvalue weighted by Crippen LogP contribution is -2.51. The van der Waals surface area contributed by atoms with Crippen molar-refractivity contribution in [1.82, 2.24) is 10.2 Å². The van der Waals surface area contributed by atoms with Crippen LogP contribution in [0.3, 0.4) is 0 Å². The summed E-state index contributed by atoms with van der Waals surface area (Å²) in [6.07, 6.45) is 0.444. The molecule has 2 amide bonds. The fourth-order valence-electron chi connectivity index (χ4n) is 3.75. The summed E-state index contributed by atoms with van der Waals surface area (Å²) in [5, 5.41) is 4.44. The Morgan fingerprint density at radius 2 is 1.49 bits per heavy atom. The van der Waals surface area contributed by atoms with Crippen LogP contribution in [0.2, 0.25) is 15.1 Å². The normalized spacial score (nSPS) is 11.8. The lowest BCUT2D eigenvalue weighted by atomic mass is 10.0. The number of carbonyl (C=O) groups is 2. The smallest absolute Gasteiger partial charge is 0.243 e. The highest BCUT2D eigenvalue weighted by Crippen LogP contribution is 2.27. The molecule has 1 atom stereocenters. The fraction of sp³-hybridized carbons (Fsp3) is 0.286. The second-order valence-electron chi connectivity index (χ2n) is 8.87. The predicted molar refractivity (Wildman–Crippen MR) is 144 cm³/mol. The molecule has 35 heavy (non-hydrogen) atoms. The molecule has 0 aliphatic carbocycles. The maximum atomic E-state index is 13.7. The molecule has 3 aromatic rings. The average molecular weight is 532 g/mol. The number of carbonyl (C=O) groups excluding carboxylic acids is 2. The van der Waals surface area contributed by atoms with E-state index in [-0.39, 0.29) is 30.7 Å². The Morgan fingerprint density at radius 1 is 0.857 bits per heavy atom. The summed E-state index contributed by atoms with van der Waals surface area (Å²) < 4.78 is 0. The Hall–Kier alpha value is -2.53. The number of nitrogens with zero attached hydrogens (tertiary/aromatic N) is 1. The van der Waals surface area contributed by atoms with E-state index in [2.05, 4.69) is 5.32 Å². The van der Waals surface area contributed by atoms with Crippen molar-refractivity contribution >= 4 is 46.6 Å². The van der Waals surface area contributed by atoms with Gasteiger partial charge in [-0.3, -0.25) is 9.59 Å². The standard InChI is InChI=1S/C28H29Cl3N2O2/c1-19(2)17-32-28(35)26(15-20-8-4-3-5-9-20)33(18-23-24(30)12-7-13-25(23)31)27(34)16-21-10-6-11-22(29)14-21/h3-14,19,26H,15-18H2,1-2H3,(H,32,35)/t26-/m1/s1. The van der Waals surface area contributed by atoms with Gasteiger partial charge in [-0.15, -0.1) is 0 Å². The van der Waals surface area contributed by atoms with E-state index in [1.54, 1.807) is 41.3 Å². The Labute approximate surface area is 222 Å². The molecule has 184 valence electrons. The van der Waals surface area contributed by atoms with E-state index < -0.39 is 6.04 Å². The Morgan fingerprint density at radius 3 is 2.11 bits per heavy atom. The van der Waals surface area contributed by atoms with Crippen molar-refractivity contribution in [3.8, 4) is 0 Å². The van der Waals surface area contributed by atoms with E-state index in [0.29, 0.717) is 33.6 Å². The van der Waals surface area contributed by atoms with Crippen molar-refractivity contribution < 1.29 is 9.59 Å². The molecule has 0 fully saturated rings. The molecule has 3 rings (SSSR count). The van der Waals surface area contributed by atoms with Gasteiger partial charge in [0.05, 0.1) is 6.42 Å². The van der Waals surface area contributed by atoms with Crippen LogP contribution in [-0.4, -0.2) is 29.3 Å². The topological polar surface area (TPSA) is 49.4 Å². The summed E-state index contributed by atoms with van der Waals surface area (Å²) in [4.78, 5) is 28.8. The largest absolute Gasteiger partial charge is 0.354 e. The lowest BCUT2D eigenvalue weighted by molar-refractivity contribution is -0.140. The van der Waals surface area contributed by atoms with Crippen molar-refractivity contribution in [2.24, 2.45) is 5.92 Å². The molecule has 0 aromatic heterocycles. The van der Waals surface area contributed by atoms with Crippen molar-refractivity contribution in [2.75, 3.05) is 6.54 Å². The van der Waals surface area contributed by atoms with Crippen LogP contribution in [0.4, 0.5) is 0 Å². The summed E-state index contributed by atoms with van der Waals surface area (Å²) in [5.74, 6) is -0.168. The molecular formula is C28H29Cl3N2O2. The average Bonchev–Trinajstić information content (AvgIpc) is 2.82. The van der Waals surface area contributed by atoms with E-state index in [9.17, 15) is 9.59 Å². The van der Waals surface area contributed by atoms with Gasteiger partial charge < -0.3 is 10.2 Å². The molecule has 0 aliphatic heterocycles. The molecule has 0 saturated heterocycles. The number of amides is 2. The third-order valence-electron chi connectivity index (χ3n) is 5.59. The molecule has 7 heteroatoms. The number of benzene rings is 3. The first kappa shape index (κ1) is 27.1. The monoisotopic (exact) mass is 530 g/mol. The minimum absolute atomic E-state index is 0.0887. The summed E-state index contributed by atoms with van der Waals surface area (Å²) in [5.41, 5.74) is 2.31. The first-order valence-electron chi connectivity index (χ1n) is 11.5. The zero-order chi connectivity index (χ0) is 25.4. The molecule has 0 heterocycles. The van der Waals surface area contributed by atoms with Crippen LogP contribution < -0.4 is 5.32 Å². The highest BCUT2D eigenvalue weighted by Gasteiger charge is 2.31. The van der Waals surface area contributed by atoms with E-state index >= 15 is 0 Å². The van der Waals surface area contributed by atoms with E-state index in [4.69, 9.17) is 34.8 Å². The molecule has 0 radical (unpaired) electrons. The van der Waals surface area contributed by atoms with Crippen molar-refractivity contribution in [2.45, 2.75) is 39.3 Å². The van der Waals surface area contributed by atoms with Crippen molar-refractivity contribution in [1.29, 1.82) is 0 Å². The summed E-state index contributed by atoms with van der Waals surface area (Å²) in [6.45, 7) is 4.66. The van der Waals surface area contributed by atoms with Gasteiger partial charge in [-0.25, -0.2) is 0 Å². The van der Waals surface area contributed by atoms with E-state index in [1.165, 1.54) is 0 Å². The van der Waals surface area contributed by atoms with Crippen molar-refractivity contribution in [3.63, 3.8) is 0 Å². The van der Waals surface area contributed by atoms with Gasteiger partial charge in [-0.1, -0.05) is 97.2 Å². The van der Waals surface area contributed by atoms with Gasteiger partial charge in [0.25, 0.3) is 0 Å². The number of rotatable bonds is 10. The molecule has 3 aromatic carbocycles. The zero-order valence-corrected chi connectivity index (χ0v) is 22.1. The molecule has 4 nitrogen and oxygen atoms in total. The van der Waals surface area contributed by atoms with Gasteiger partial charge in [0, 0.05) is 40.1 Å². The number of hydrogen-bond donors (Lipinski definition) is 1. The Bertz CT molecular complexity index is 1130. The van der Waals surface area contributed by atoms with Gasteiger partial charge in [0.15, 0.2) is 0 Å². The third kappa shape index (κ3) is 7.99. The molecule has 0 bridgehead atoms. The Kier molecular flexibility index (Phi) is 10.0. The zero-order valence-electron chi connectivity index (χ0n) is 19.8. The number of halogens is 3. The number of nitrogens with one attached hydrogen (secondary N) is 1. The third-order valence-corrected chi connectivity index (χ3v) is 6.53. The van der Waals surface area contributed by atoms with Crippen LogP contribution in [0, 0.1) is 5.92 Å². The minimum atomic E-state index is -0.754. The van der Waals surface area contributed by atoms with Gasteiger partial charge in [0.1, 0.15) is 6.04 Å².